The van der Waals surface area contributed by atoms with Crippen molar-refractivity contribution in [1.29, 1.82) is 0 Å². The molecule has 0 heterocycles. The first-order valence-corrected chi connectivity index (χ1v) is 8.11. The second-order valence-corrected chi connectivity index (χ2v) is 6.20. The van der Waals surface area contributed by atoms with Crippen LogP contribution >= 0.6 is 0 Å². The summed E-state index contributed by atoms with van der Waals surface area (Å²) in [6.45, 7) is 5.73. The third-order valence-corrected chi connectivity index (χ3v) is 5.02. The van der Waals surface area contributed by atoms with Gasteiger partial charge in [0.25, 0.3) is 0 Å². The molecule has 0 spiro atoms. The average Bonchev–Trinajstić information content (AvgIpc) is 3.07. The summed E-state index contributed by atoms with van der Waals surface area (Å²) in [5.74, 6) is 3.28. The molecule has 0 aromatic rings. The third-order valence-electron chi connectivity index (χ3n) is 5.02. The summed E-state index contributed by atoms with van der Waals surface area (Å²) in [6.07, 6.45) is 13.2. The van der Waals surface area contributed by atoms with Crippen LogP contribution in [-0.4, -0.2) is 12.6 Å². The number of unbranched alkanes of at least 4 members (excludes halogenated alkanes) is 3. The smallest absolute Gasteiger partial charge is 0.0101 e. The Morgan fingerprint density at radius 2 is 1.71 bits per heavy atom. The lowest BCUT2D eigenvalue weighted by Gasteiger charge is -2.18. The van der Waals surface area contributed by atoms with Crippen molar-refractivity contribution in [3.63, 3.8) is 0 Å². The summed E-state index contributed by atoms with van der Waals surface area (Å²) in [7, 11) is 0. The van der Waals surface area contributed by atoms with Gasteiger partial charge in [-0.2, -0.15) is 0 Å². The van der Waals surface area contributed by atoms with Gasteiger partial charge >= 0.3 is 0 Å². The minimum Gasteiger partial charge on any atom is -0.314 e. The summed E-state index contributed by atoms with van der Waals surface area (Å²) in [5, 5.41) is 3.78. The van der Waals surface area contributed by atoms with Gasteiger partial charge in [0.15, 0.2) is 0 Å². The van der Waals surface area contributed by atoms with Gasteiger partial charge in [-0.3, -0.25) is 0 Å². The number of hydrogen-bond donors (Lipinski definition) is 1. The van der Waals surface area contributed by atoms with E-state index < -0.39 is 0 Å². The Labute approximate surface area is 108 Å². The first kappa shape index (κ1) is 13.4. The van der Waals surface area contributed by atoms with Crippen LogP contribution in [0.3, 0.4) is 0 Å². The molecule has 1 N–H and O–H groups in total. The van der Waals surface area contributed by atoms with E-state index in [1.165, 1.54) is 57.8 Å². The normalized spacial score (nSPS) is 33.2. The Kier molecular flexibility index (Phi) is 5.34. The van der Waals surface area contributed by atoms with E-state index in [4.69, 9.17) is 0 Å². The molecule has 1 heteroatoms. The molecular formula is C16H31N. The van der Waals surface area contributed by atoms with Crippen LogP contribution in [0, 0.1) is 17.8 Å². The van der Waals surface area contributed by atoms with Gasteiger partial charge in [-0.15, -0.1) is 0 Å². The summed E-state index contributed by atoms with van der Waals surface area (Å²) < 4.78 is 0. The molecule has 0 aromatic carbocycles. The van der Waals surface area contributed by atoms with Crippen molar-refractivity contribution < 1.29 is 0 Å². The molecule has 1 nitrogen and oxygen atoms in total. The summed E-state index contributed by atoms with van der Waals surface area (Å²) >= 11 is 0. The number of hydrogen-bond acceptors (Lipinski definition) is 1. The fourth-order valence-corrected chi connectivity index (χ4v) is 4.13. The molecule has 0 aromatic heterocycles. The van der Waals surface area contributed by atoms with Gasteiger partial charge in [-0.25, -0.2) is 0 Å². The molecule has 2 saturated carbocycles. The fraction of sp³-hybridized carbons (Fsp3) is 1.00. The average molecular weight is 237 g/mol. The van der Waals surface area contributed by atoms with Crippen LogP contribution in [0.15, 0.2) is 0 Å². The molecule has 0 radical (unpaired) electrons. The predicted molar refractivity (Wildman–Crippen MR) is 75.2 cm³/mol. The molecule has 100 valence electrons. The highest BCUT2D eigenvalue weighted by Crippen LogP contribution is 2.57. The van der Waals surface area contributed by atoms with E-state index in [0.717, 1.165) is 30.3 Å². The van der Waals surface area contributed by atoms with Crippen molar-refractivity contribution in [2.45, 2.75) is 77.7 Å². The Hall–Kier alpha value is -0.0400. The lowest BCUT2D eigenvalue weighted by molar-refractivity contribution is 0.398. The van der Waals surface area contributed by atoms with Crippen molar-refractivity contribution >= 4 is 0 Å². The van der Waals surface area contributed by atoms with Crippen molar-refractivity contribution in [3.8, 4) is 0 Å². The van der Waals surface area contributed by atoms with Crippen molar-refractivity contribution in [2.75, 3.05) is 6.54 Å². The minimum absolute atomic E-state index is 0.852. The van der Waals surface area contributed by atoms with Crippen LogP contribution in [0.5, 0.6) is 0 Å². The van der Waals surface area contributed by atoms with Gasteiger partial charge in [0.2, 0.25) is 0 Å². The van der Waals surface area contributed by atoms with E-state index in [9.17, 15) is 0 Å². The molecule has 0 aliphatic heterocycles. The standard InChI is InChI=1S/C16H31N/c1-3-5-6-7-12-15(17-4-2)16-13-10-8-9-11-14(13)16/h13-17H,3-12H2,1-2H3. The van der Waals surface area contributed by atoms with E-state index in [1.54, 1.807) is 0 Å². The maximum atomic E-state index is 3.78. The van der Waals surface area contributed by atoms with Gasteiger partial charge in [0, 0.05) is 6.04 Å². The van der Waals surface area contributed by atoms with Gasteiger partial charge in [0.1, 0.15) is 0 Å². The molecule has 3 unspecified atom stereocenters. The Morgan fingerprint density at radius 3 is 2.29 bits per heavy atom. The van der Waals surface area contributed by atoms with Gasteiger partial charge < -0.3 is 5.32 Å². The highest BCUT2D eigenvalue weighted by molar-refractivity contribution is 5.04. The zero-order chi connectivity index (χ0) is 12.1. The molecule has 2 aliphatic carbocycles. The first-order chi connectivity index (χ1) is 8.38. The first-order valence-electron chi connectivity index (χ1n) is 8.11. The van der Waals surface area contributed by atoms with E-state index in [-0.39, 0.29) is 0 Å². The van der Waals surface area contributed by atoms with Crippen molar-refractivity contribution in [1.82, 2.24) is 5.32 Å². The number of fused-ring (bicyclic) bond motifs is 1. The van der Waals surface area contributed by atoms with E-state index >= 15 is 0 Å². The van der Waals surface area contributed by atoms with Crippen molar-refractivity contribution in [2.24, 2.45) is 17.8 Å². The zero-order valence-electron chi connectivity index (χ0n) is 11.9. The molecule has 17 heavy (non-hydrogen) atoms. The molecule has 3 atom stereocenters. The monoisotopic (exact) mass is 237 g/mol. The number of nitrogens with one attached hydrogen (secondary N) is 1. The van der Waals surface area contributed by atoms with Crippen LogP contribution < -0.4 is 5.32 Å². The second-order valence-electron chi connectivity index (χ2n) is 6.20. The molecule has 2 aliphatic rings. The maximum Gasteiger partial charge on any atom is 0.0101 e. The zero-order valence-corrected chi connectivity index (χ0v) is 11.9. The fourth-order valence-electron chi connectivity index (χ4n) is 4.13. The maximum absolute atomic E-state index is 3.78. The Morgan fingerprint density at radius 1 is 1.00 bits per heavy atom. The summed E-state index contributed by atoms with van der Waals surface area (Å²) in [4.78, 5) is 0. The van der Waals surface area contributed by atoms with Crippen LogP contribution in [0.1, 0.15) is 71.6 Å². The lowest BCUT2D eigenvalue weighted by Crippen LogP contribution is -2.32. The van der Waals surface area contributed by atoms with Crippen LogP contribution in [-0.2, 0) is 0 Å². The predicted octanol–water partition coefficient (Wildman–Crippen LogP) is 4.37. The summed E-state index contributed by atoms with van der Waals surface area (Å²) in [6, 6.07) is 0.852. The second kappa shape index (κ2) is 6.78. The molecule has 0 saturated heterocycles. The topological polar surface area (TPSA) is 12.0 Å². The van der Waals surface area contributed by atoms with Gasteiger partial charge in [-0.1, -0.05) is 52.4 Å². The highest BCUT2D eigenvalue weighted by Gasteiger charge is 2.53. The van der Waals surface area contributed by atoms with Gasteiger partial charge in [-0.05, 0) is 43.6 Å². The van der Waals surface area contributed by atoms with Crippen LogP contribution in [0.4, 0.5) is 0 Å². The molecule has 2 fully saturated rings. The number of rotatable bonds is 8. The van der Waals surface area contributed by atoms with Crippen molar-refractivity contribution in [3.05, 3.63) is 0 Å². The third kappa shape index (κ3) is 3.47. The SMILES string of the molecule is CCCCCCC(NCC)C1C2CCCCC21. The molecular weight excluding hydrogens is 206 g/mol. The lowest BCUT2D eigenvalue weighted by atomic mass is 10.0. The minimum atomic E-state index is 0.852. The van der Waals surface area contributed by atoms with E-state index in [2.05, 4.69) is 19.2 Å². The Bertz CT molecular complexity index is 202. The quantitative estimate of drug-likeness (QED) is 0.618. The van der Waals surface area contributed by atoms with Gasteiger partial charge in [0.05, 0.1) is 0 Å². The largest absolute Gasteiger partial charge is 0.314 e. The Balaban J connectivity index is 1.73. The van der Waals surface area contributed by atoms with Crippen LogP contribution in [0.2, 0.25) is 0 Å². The highest BCUT2D eigenvalue weighted by atomic mass is 14.9. The van der Waals surface area contributed by atoms with E-state index in [0.29, 0.717) is 0 Å². The van der Waals surface area contributed by atoms with E-state index in [1.807, 2.05) is 0 Å². The molecule has 0 amide bonds. The molecule has 2 rings (SSSR count). The summed E-state index contributed by atoms with van der Waals surface area (Å²) in [5.41, 5.74) is 0. The van der Waals surface area contributed by atoms with Crippen LogP contribution in [0.25, 0.3) is 0 Å². The molecule has 0 bridgehead atoms.